The molecule has 0 amide bonds. The van der Waals surface area contributed by atoms with Crippen molar-refractivity contribution in [1.29, 1.82) is 0 Å². The molecule has 0 aromatic carbocycles. The fraction of sp³-hybridized carbons (Fsp3) is 0.615. The van der Waals surface area contributed by atoms with Crippen molar-refractivity contribution in [1.82, 2.24) is 15.2 Å². The van der Waals surface area contributed by atoms with E-state index < -0.39 is 0 Å². The molecule has 0 aliphatic heterocycles. The standard InChI is InChI=1S/C13H20N4S3/c1-5-6-10-14-9(7-18-10)8-19-12-17-16-11(20-12)15-13(2,3)4/h7H,5-6,8H2,1-4H3,(H,15,16). The Morgan fingerprint density at radius 3 is 2.80 bits per heavy atom. The Bertz CT molecular complexity index is 542. The minimum absolute atomic E-state index is 0.0193. The minimum atomic E-state index is 0.0193. The average molecular weight is 329 g/mol. The molecule has 0 atom stereocenters. The Kier molecular flexibility index (Phi) is 5.40. The third-order valence-corrected chi connectivity index (χ3v) is 5.26. The predicted molar refractivity (Wildman–Crippen MR) is 89.0 cm³/mol. The van der Waals surface area contributed by atoms with Gasteiger partial charge in [0.15, 0.2) is 4.34 Å². The van der Waals surface area contributed by atoms with Crippen molar-refractivity contribution in [2.75, 3.05) is 5.32 Å². The summed E-state index contributed by atoms with van der Waals surface area (Å²) in [7, 11) is 0. The first-order valence-corrected chi connectivity index (χ1v) is 9.32. The molecule has 2 aromatic rings. The zero-order chi connectivity index (χ0) is 14.6. The maximum atomic E-state index is 4.62. The van der Waals surface area contributed by atoms with E-state index >= 15 is 0 Å². The fourth-order valence-corrected chi connectivity index (χ4v) is 4.38. The molecule has 2 rings (SSSR count). The number of thioether (sulfide) groups is 1. The monoisotopic (exact) mass is 328 g/mol. The molecule has 0 unspecified atom stereocenters. The van der Waals surface area contributed by atoms with Gasteiger partial charge in [0.2, 0.25) is 5.13 Å². The number of nitrogens with zero attached hydrogens (tertiary/aromatic N) is 3. The van der Waals surface area contributed by atoms with Crippen LogP contribution in [0.1, 0.15) is 44.8 Å². The Morgan fingerprint density at radius 1 is 1.30 bits per heavy atom. The first-order valence-electron chi connectivity index (χ1n) is 6.64. The van der Waals surface area contributed by atoms with Crippen LogP contribution in [-0.4, -0.2) is 20.7 Å². The zero-order valence-corrected chi connectivity index (χ0v) is 14.7. The van der Waals surface area contributed by atoms with E-state index in [1.807, 2.05) is 0 Å². The van der Waals surface area contributed by atoms with Gasteiger partial charge in [-0.05, 0) is 33.6 Å². The molecule has 0 fully saturated rings. The second-order valence-electron chi connectivity index (χ2n) is 5.52. The number of hydrogen-bond acceptors (Lipinski definition) is 7. The second kappa shape index (κ2) is 6.87. The molecule has 0 spiro atoms. The van der Waals surface area contributed by atoms with Crippen LogP contribution in [0.5, 0.6) is 0 Å². The van der Waals surface area contributed by atoms with Crippen molar-refractivity contribution >= 4 is 39.6 Å². The molecule has 0 aliphatic rings. The molecule has 110 valence electrons. The number of rotatable bonds is 6. The molecule has 0 aliphatic carbocycles. The maximum absolute atomic E-state index is 4.62. The van der Waals surface area contributed by atoms with E-state index in [0.29, 0.717) is 0 Å². The van der Waals surface area contributed by atoms with Gasteiger partial charge in [0.05, 0.1) is 10.7 Å². The van der Waals surface area contributed by atoms with E-state index in [1.165, 1.54) is 5.01 Å². The van der Waals surface area contributed by atoms with Crippen molar-refractivity contribution in [3.8, 4) is 0 Å². The van der Waals surface area contributed by atoms with E-state index in [0.717, 1.165) is 33.8 Å². The van der Waals surface area contributed by atoms with Gasteiger partial charge >= 0.3 is 0 Å². The van der Waals surface area contributed by atoms with Gasteiger partial charge in [0.25, 0.3) is 0 Å². The van der Waals surface area contributed by atoms with Gasteiger partial charge in [-0.1, -0.05) is 30.0 Å². The first-order chi connectivity index (χ1) is 9.46. The topological polar surface area (TPSA) is 50.7 Å². The van der Waals surface area contributed by atoms with Crippen LogP contribution < -0.4 is 5.32 Å². The van der Waals surface area contributed by atoms with Crippen LogP contribution in [0.15, 0.2) is 9.72 Å². The third kappa shape index (κ3) is 5.03. The number of nitrogens with one attached hydrogen (secondary N) is 1. The van der Waals surface area contributed by atoms with Crippen molar-refractivity contribution in [2.45, 2.75) is 56.2 Å². The summed E-state index contributed by atoms with van der Waals surface area (Å²) >= 11 is 5.06. The minimum Gasteiger partial charge on any atom is -0.355 e. The van der Waals surface area contributed by atoms with Gasteiger partial charge in [0, 0.05) is 16.7 Å². The van der Waals surface area contributed by atoms with E-state index in [4.69, 9.17) is 0 Å². The SMILES string of the molecule is CCCc1nc(CSc2nnc(NC(C)(C)C)s2)cs1. The van der Waals surface area contributed by atoms with Crippen molar-refractivity contribution < 1.29 is 0 Å². The number of aryl methyl sites for hydroxylation is 1. The summed E-state index contributed by atoms with van der Waals surface area (Å²) in [6.07, 6.45) is 2.23. The summed E-state index contributed by atoms with van der Waals surface area (Å²) in [6, 6.07) is 0. The number of hydrogen-bond donors (Lipinski definition) is 1. The van der Waals surface area contributed by atoms with Crippen molar-refractivity contribution in [3.63, 3.8) is 0 Å². The lowest BCUT2D eigenvalue weighted by atomic mass is 10.1. The average Bonchev–Trinajstić information content (AvgIpc) is 2.94. The molecular weight excluding hydrogens is 308 g/mol. The van der Waals surface area contributed by atoms with Gasteiger partial charge < -0.3 is 5.32 Å². The lowest BCUT2D eigenvalue weighted by molar-refractivity contribution is 0.631. The Morgan fingerprint density at radius 2 is 2.10 bits per heavy atom. The van der Waals surface area contributed by atoms with E-state index in [9.17, 15) is 0 Å². The molecular formula is C13H20N4S3. The molecule has 4 nitrogen and oxygen atoms in total. The quantitative estimate of drug-likeness (QED) is 0.794. The molecule has 2 heterocycles. The van der Waals surface area contributed by atoms with E-state index in [1.54, 1.807) is 34.4 Å². The second-order valence-corrected chi connectivity index (χ2v) is 8.66. The summed E-state index contributed by atoms with van der Waals surface area (Å²) in [6.45, 7) is 8.53. The smallest absolute Gasteiger partial charge is 0.206 e. The van der Waals surface area contributed by atoms with Crippen LogP contribution in [-0.2, 0) is 12.2 Å². The molecule has 0 bridgehead atoms. The highest BCUT2D eigenvalue weighted by atomic mass is 32.2. The highest BCUT2D eigenvalue weighted by Crippen LogP contribution is 2.29. The normalized spacial score (nSPS) is 11.8. The summed E-state index contributed by atoms with van der Waals surface area (Å²) in [5, 5.41) is 16.0. The largest absolute Gasteiger partial charge is 0.355 e. The highest BCUT2D eigenvalue weighted by molar-refractivity contribution is 8.00. The Balaban J connectivity index is 1.87. The summed E-state index contributed by atoms with van der Waals surface area (Å²) in [5.41, 5.74) is 1.16. The van der Waals surface area contributed by atoms with E-state index in [-0.39, 0.29) is 5.54 Å². The van der Waals surface area contributed by atoms with Crippen LogP contribution in [0.4, 0.5) is 5.13 Å². The van der Waals surface area contributed by atoms with Gasteiger partial charge in [-0.3, -0.25) is 0 Å². The highest BCUT2D eigenvalue weighted by Gasteiger charge is 2.13. The predicted octanol–water partition coefficient (Wildman–Crippen LogP) is 4.45. The van der Waals surface area contributed by atoms with Gasteiger partial charge in [-0.15, -0.1) is 21.5 Å². The van der Waals surface area contributed by atoms with E-state index in [2.05, 4.69) is 53.6 Å². The van der Waals surface area contributed by atoms with Crippen LogP contribution in [0, 0.1) is 0 Å². The number of anilines is 1. The molecule has 7 heteroatoms. The molecule has 0 saturated carbocycles. The van der Waals surface area contributed by atoms with Crippen LogP contribution in [0.3, 0.4) is 0 Å². The van der Waals surface area contributed by atoms with Crippen molar-refractivity contribution in [3.05, 3.63) is 16.1 Å². The molecule has 0 radical (unpaired) electrons. The Hall–Kier alpha value is -0.660. The summed E-state index contributed by atoms with van der Waals surface area (Å²) in [4.78, 5) is 4.62. The van der Waals surface area contributed by atoms with Gasteiger partial charge in [-0.25, -0.2) is 4.98 Å². The van der Waals surface area contributed by atoms with Gasteiger partial charge in [-0.2, -0.15) is 0 Å². The van der Waals surface area contributed by atoms with Crippen LogP contribution in [0.25, 0.3) is 0 Å². The summed E-state index contributed by atoms with van der Waals surface area (Å²) in [5.74, 6) is 0.865. The summed E-state index contributed by atoms with van der Waals surface area (Å²) < 4.78 is 0.988. The Labute approximate surface area is 132 Å². The molecule has 20 heavy (non-hydrogen) atoms. The fourth-order valence-electron chi connectivity index (χ4n) is 1.52. The molecule has 0 saturated heterocycles. The number of thiazole rings is 1. The third-order valence-electron chi connectivity index (χ3n) is 2.30. The first kappa shape index (κ1) is 15.7. The molecule has 1 N–H and O–H groups in total. The van der Waals surface area contributed by atoms with Gasteiger partial charge in [0.1, 0.15) is 0 Å². The maximum Gasteiger partial charge on any atom is 0.206 e. The van der Waals surface area contributed by atoms with Crippen LogP contribution in [0.2, 0.25) is 0 Å². The zero-order valence-electron chi connectivity index (χ0n) is 12.3. The van der Waals surface area contributed by atoms with Crippen molar-refractivity contribution in [2.24, 2.45) is 0 Å². The lowest BCUT2D eigenvalue weighted by Gasteiger charge is -2.18. The molecule has 2 aromatic heterocycles. The number of aromatic nitrogens is 3. The lowest BCUT2D eigenvalue weighted by Crippen LogP contribution is -2.25. The van der Waals surface area contributed by atoms with Crippen LogP contribution >= 0.6 is 34.4 Å².